The molecular formula is C19H23N3O3. The monoisotopic (exact) mass is 341 g/mol. The molecule has 0 saturated carbocycles. The number of primary amides is 1. The quantitative estimate of drug-likeness (QED) is 0.832. The molecule has 2 aliphatic rings. The molecule has 132 valence electrons. The predicted octanol–water partition coefficient (Wildman–Crippen LogP) is 0.853. The third kappa shape index (κ3) is 3.29. The number of nitrogens with two attached hydrogens (primary N) is 1. The van der Waals surface area contributed by atoms with Crippen molar-refractivity contribution in [3.8, 4) is 0 Å². The van der Waals surface area contributed by atoms with Gasteiger partial charge in [-0.05, 0) is 35.5 Å². The van der Waals surface area contributed by atoms with Crippen LogP contribution in [0.15, 0.2) is 29.8 Å². The number of piperazine rings is 1. The van der Waals surface area contributed by atoms with Gasteiger partial charge in [0, 0.05) is 0 Å². The Morgan fingerprint density at radius 3 is 2.68 bits per heavy atom. The van der Waals surface area contributed by atoms with E-state index in [1.807, 2.05) is 44.2 Å². The Labute approximate surface area is 147 Å². The number of carbonyl (C=O) groups is 3. The molecule has 0 radical (unpaired) electrons. The van der Waals surface area contributed by atoms with E-state index in [0.717, 1.165) is 16.7 Å². The molecule has 3 rings (SSSR count). The maximum Gasteiger partial charge on any atom is 0.244 e. The summed E-state index contributed by atoms with van der Waals surface area (Å²) in [5, 5.41) is 2.62. The van der Waals surface area contributed by atoms with E-state index in [1.54, 1.807) is 0 Å². The first kappa shape index (κ1) is 17.2. The maximum absolute atomic E-state index is 12.6. The number of nitrogens with one attached hydrogen (secondary N) is 1. The number of benzene rings is 1. The van der Waals surface area contributed by atoms with Crippen LogP contribution in [0.1, 0.15) is 31.4 Å². The van der Waals surface area contributed by atoms with Gasteiger partial charge in [0.15, 0.2) is 0 Å². The fourth-order valence-corrected chi connectivity index (χ4v) is 3.64. The summed E-state index contributed by atoms with van der Waals surface area (Å²) in [6.45, 7) is 3.86. The van der Waals surface area contributed by atoms with Crippen LogP contribution in [0.2, 0.25) is 0 Å². The molecule has 2 unspecified atom stereocenters. The predicted molar refractivity (Wildman–Crippen MR) is 94.2 cm³/mol. The van der Waals surface area contributed by atoms with E-state index < -0.39 is 18.0 Å². The van der Waals surface area contributed by atoms with Crippen molar-refractivity contribution in [2.75, 3.05) is 6.54 Å². The highest BCUT2D eigenvalue weighted by molar-refractivity contribution is 5.99. The second-order valence-corrected chi connectivity index (χ2v) is 7.06. The fraction of sp³-hybridized carbons (Fsp3) is 0.421. The van der Waals surface area contributed by atoms with Gasteiger partial charge in [-0.15, -0.1) is 0 Å². The zero-order valence-corrected chi connectivity index (χ0v) is 14.5. The summed E-state index contributed by atoms with van der Waals surface area (Å²) in [5.74, 6) is -0.898. The highest BCUT2D eigenvalue weighted by atomic mass is 16.2. The highest BCUT2D eigenvalue weighted by Gasteiger charge is 2.43. The molecule has 1 aromatic rings. The summed E-state index contributed by atoms with van der Waals surface area (Å²) in [6.07, 6.45) is 2.96. The van der Waals surface area contributed by atoms with Crippen LogP contribution in [0.3, 0.4) is 0 Å². The molecule has 6 nitrogen and oxygen atoms in total. The zero-order chi connectivity index (χ0) is 18.1. The lowest BCUT2D eigenvalue weighted by atomic mass is 9.94. The first-order valence-corrected chi connectivity index (χ1v) is 8.55. The molecule has 0 aromatic heterocycles. The Morgan fingerprint density at radius 1 is 1.32 bits per heavy atom. The van der Waals surface area contributed by atoms with Gasteiger partial charge in [0.2, 0.25) is 17.7 Å². The summed E-state index contributed by atoms with van der Waals surface area (Å²) in [6, 6.07) is 6.26. The van der Waals surface area contributed by atoms with Crippen molar-refractivity contribution in [2.24, 2.45) is 11.7 Å². The number of amides is 3. The number of fused-ring (bicyclic) bond motifs is 1. The molecule has 3 N–H and O–H groups in total. The normalized spacial score (nSPS) is 21.0. The van der Waals surface area contributed by atoms with Crippen LogP contribution in [0.4, 0.5) is 0 Å². The van der Waals surface area contributed by atoms with Gasteiger partial charge in [0.05, 0.1) is 6.54 Å². The van der Waals surface area contributed by atoms with Crippen LogP contribution >= 0.6 is 0 Å². The Balaban J connectivity index is 1.97. The summed E-state index contributed by atoms with van der Waals surface area (Å²) < 4.78 is 0. The van der Waals surface area contributed by atoms with Crippen LogP contribution in [0, 0.1) is 5.92 Å². The number of rotatable bonds is 5. The average molecular weight is 341 g/mol. The van der Waals surface area contributed by atoms with Gasteiger partial charge in [-0.3, -0.25) is 14.4 Å². The van der Waals surface area contributed by atoms with Crippen LogP contribution in [0.5, 0.6) is 0 Å². The van der Waals surface area contributed by atoms with Crippen molar-refractivity contribution in [2.45, 2.75) is 38.8 Å². The van der Waals surface area contributed by atoms with Crippen LogP contribution in [-0.2, 0) is 20.8 Å². The van der Waals surface area contributed by atoms with E-state index in [4.69, 9.17) is 5.73 Å². The van der Waals surface area contributed by atoms with E-state index in [2.05, 4.69) is 5.32 Å². The molecule has 6 heteroatoms. The zero-order valence-electron chi connectivity index (χ0n) is 14.5. The van der Waals surface area contributed by atoms with E-state index >= 15 is 0 Å². The lowest BCUT2D eigenvalue weighted by Gasteiger charge is -2.40. The minimum Gasteiger partial charge on any atom is -0.368 e. The number of carbonyl (C=O) groups excluding carboxylic acids is 3. The fourth-order valence-electron chi connectivity index (χ4n) is 3.64. The topological polar surface area (TPSA) is 92.5 Å². The van der Waals surface area contributed by atoms with Gasteiger partial charge >= 0.3 is 0 Å². The van der Waals surface area contributed by atoms with E-state index in [9.17, 15) is 14.4 Å². The molecular weight excluding hydrogens is 318 g/mol. The molecule has 1 fully saturated rings. The lowest BCUT2D eigenvalue weighted by molar-refractivity contribution is -0.150. The molecule has 1 saturated heterocycles. The summed E-state index contributed by atoms with van der Waals surface area (Å²) in [4.78, 5) is 38.6. The number of hydrogen-bond donors (Lipinski definition) is 2. The molecule has 1 aliphatic carbocycles. The van der Waals surface area contributed by atoms with E-state index in [1.165, 1.54) is 4.90 Å². The Morgan fingerprint density at radius 2 is 2.04 bits per heavy atom. The van der Waals surface area contributed by atoms with Gasteiger partial charge in [-0.2, -0.15) is 0 Å². The lowest BCUT2D eigenvalue weighted by Crippen LogP contribution is -2.64. The second kappa shape index (κ2) is 6.70. The molecule has 25 heavy (non-hydrogen) atoms. The summed E-state index contributed by atoms with van der Waals surface area (Å²) in [7, 11) is 0. The van der Waals surface area contributed by atoms with Gasteiger partial charge in [-0.25, -0.2) is 0 Å². The van der Waals surface area contributed by atoms with Crippen LogP contribution in [0.25, 0.3) is 6.08 Å². The van der Waals surface area contributed by atoms with Crippen LogP contribution < -0.4 is 11.1 Å². The van der Waals surface area contributed by atoms with Crippen molar-refractivity contribution in [1.82, 2.24) is 10.2 Å². The van der Waals surface area contributed by atoms with E-state index in [0.29, 0.717) is 12.8 Å². The van der Waals surface area contributed by atoms with E-state index in [-0.39, 0.29) is 24.3 Å². The number of nitrogens with zero attached hydrogens (tertiary/aromatic N) is 1. The second-order valence-electron chi connectivity index (χ2n) is 7.06. The van der Waals surface area contributed by atoms with Crippen molar-refractivity contribution in [1.29, 1.82) is 0 Å². The Bertz CT molecular complexity index is 754. The molecule has 1 heterocycles. The molecule has 1 aliphatic heterocycles. The minimum atomic E-state index is -0.894. The van der Waals surface area contributed by atoms with Gasteiger partial charge in [0.1, 0.15) is 12.1 Å². The molecule has 0 spiro atoms. The van der Waals surface area contributed by atoms with Crippen molar-refractivity contribution >= 4 is 23.8 Å². The van der Waals surface area contributed by atoms with Crippen molar-refractivity contribution < 1.29 is 14.4 Å². The first-order chi connectivity index (χ1) is 11.9. The minimum absolute atomic E-state index is 0.0998. The average Bonchev–Trinajstić information content (AvgIpc) is 2.96. The highest BCUT2D eigenvalue weighted by Crippen LogP contribution is 2.31. The molecule has 1 aromatic carbocycles. The Kier molecular flexibility index (Phi) is 4.61. The third-order valence-corrected chi connectivity index (χ3v) is 4.72. The molecule has 0 bridgehead atoms. The first-order valence-electron chi connectivity index (χ1n) is 8.55. The summed E-state index contributed by atoms with van der Waals surface area (Å²) in [5.41, 5.74) is 8.57. The van der Waals surface area contributed by atoms with Crippen molar-refractivity contribution in [3.05, 3.63) is 41.0 Å². The standard InChI is InChI=1S/C19H23N3O3/c1-11(2)7-15-19(25)21-10-16(23)22(15)17(18(20)24)14-8-12-5-3-4-6-13(12)9-14/h3-6,8,11,15,17H,7,9-10H2,1-2H3,(H2,20,24)(H,21,25). The van der Waals surface area contributed by atoms with Gasteiger partial charge < -0.3 is 16.0 Å². The smallest absolute Gasteiger partial charge is 0.244 e. The van der Waals surface area contributed by atoms with Crippen LogP contribution in [-0.4, -0.2) is 41.2 Å². The van der Waals surface area contributed by atoms with Crippen molar-refractivity contribution in [3.63, 3.8) is 0 Å². The third-order valence-electron chi connectivity index (χ3n) is 4.72. The number of hydrogen-bond acceptors (Lipinski definition) is 3. The van der Waals surface area contributed by atoms with Gasteiger partial charge in [-0.1, -0.05) is 44.2 Å². The Hall–Kier alpha value is -2.63. The maximum atomic E-state index is 12.6. The van der Waals surface area contributed by atoms with Gasteiger partial charge in [0.25, 0.3) is 0 Å². The largest absolute Gasteiger partial charge is 0.368 e. The molecule has 2 atom stereocenters. The summed E-state index contributed by atoms with van der Waals surface area (Å²) >= 11 is 0. The SMILES string of the molecule is CC(C)CC1C(=O)NCC(=O)N1C(C(N)=O)C1=Cc2ccccc2C1. The molecule has 3 amide bonds.